The lowest BCUT2D eigenvalue weighted by atomic mass is 10.0. The van der Waals surface area contributed by atoms with Crippen molar-refractivity contribution >= 4 is 21.4 Å². The van der Waals surface area contributed by atoms with Gasteiger partial charge >= 0.3 is 0 Å². The third-order valence-corrected chi connectivity index (χ3v) is 3.80. The molecule has 0 heterocycles. The molecule has 0 atom stereocenters. The van der Waals surface area contributed by atoms with Crippen LogP contribution in [0.3, 0.4) is 0 Å². The van der Waals surface area contributed by atoms with E-state index in [0.717, 1.165) is 16.5 Å². The second-order valence-corrected chi connectivity index (χ2v) is 5.62. The normalized spacial score (nSPS) is 12.5. The van der Waals surface area contributed by atoms with Gasteiger partial charge in [-0.15, -0.1) is 0 Å². The fraction of sp³-hybridized carbons (Fsp3) is 0.273. The standard InChI is InChI=1S/C11H13ClO2S/c1-9(2)10-3-5-11(6-4-10)15(13,14)8-7-12/h3-9H,1-2H3/b8-7+. The van der Waals surface area contributed by atoms with Gasteiger partial charge in [-0.2, -0.15) is 0 Å². The zero-order valence-corrected chi connectivity index (χ0v) is 10.2. The fourth-order valence-corrected chi connectivity index (χ4v) is 2.40. The molecule has 0 fully saturated rings. The van der Waals surface area contributed by atoms with Gasteiger partial charge < -0.3 is 0 Å². The van der Waals surface area contributed by atoms with Gasteiger partial charge in [0.15, 0.2) is 0 Å². The lowest BCUT2D eigenvalue weighted by Crippen LogP contribution is -1.96. The molecule has 0 unspecified atom stereocenters. The van der Waals surface area contributed by atoms with E-state index in [-0.39, 0.29) is 4.90 Å². The molecule has 0 aliphatic heterocycles. The van der Waals surface area contributed by atoms with Gasteiger partial charge in [0.2, 0.25) is 9.84 Å². The van der Waals surface area contributed by atoms with E-state index in [4.69, 9.17) is 11.6 Å². The number of rotatable bonds is 3. The highest BCUT2D eigenvalue weighted by molar-refractivity contribution is 7.94. The molecular formula is C11H13ClO2S. The predicted octanol–water partition coefficient (Wildman–Crippen LogP) is 3.29. The number of sulfone groups is 1. The van der Waals surface area contributed by atoms with Crippen molar-refractivity contribution in [3.05, 3.63) is 40.8 Å². The molecule has 1 aromatic carbocycles. The SMILES string of the molecule is CC(C)c1ccc(S(=O)(=O)/C=C/Cl)cc1. The van der Waals surface area contributed by atoms with Crippen molar-refractivity contribution in [3.63, 3.8) is 0 Å². The average molecular weight is 245 g/mol. The molecule has 0 radical (unpaired) electrons. The molecule has 0 spiro atoms. The predicted molar refractivity (Wildman–Crippen MR) is 62.7 cm³/mol. The molecule has 0 aliphatic carbocycles. The molecule has 0 aromatic heterocycles. The van der Waals surface area contributed by atoms with Crippen LogP contribution < -0.4 is 0 Å². The number of hydrogen-bond acceptors (Lipinski definition) is 2. The zero-order chi connectivity index (χ0) is 11.5. The molecule has 0 aliphatic rings. The second-order valence-electron chi connectivity index (χ2n) is 3.53. The maximum absolute atomic E-state index is 11.5. The summed E-state index contributed by atoms with van der Waals surface area (Å²) in [5.74, 6) is 0.394. The summed E-state index contributed by atoms with van der Waals surface area (Å²) in [4.78, 5) is 0.267. The Morgan fingerprint density at radius 3 is 2.13 bits per heavy atom. The Kier molecular flexibility index (Phi) is 3.94. The summed E-state index contributed by atoms with van der Waals surface area (Å²) in [6.45, 7) is 4.12. The van der Waals surface area contributed by atoms with Crippen LogP contribution in [0.2, 0.25) is 0 Å². The molecule has 0 amide bonds. The Hall–Kier alpha value is -0.800. The van der Waals surface area contributed by atoms with Gasteiger partial charge in [0, 0.05) is 10.9 Å². The first-order valence-electron chi connectivity index (χ1n) is 4.59. The smallest absolute Gasteiger partial charge is 0.200 e. The van der Waals surface area contributed by atoms with Crippen LogP contribution in [-0.2, 0) is 9.84 Å². The third kappa shape index (κ3) is 3.08. The van der Waals surface area contributed by atoms with Crippen molar-refractivity contribution in [2.75, 3.05) is 0 Å². The van der Waals surface area contributed by atoms with Crippen LogP contribution in [0.25, 0.3) is 0 Å². The summed E-state index contributed by atoms with van der Waals surface area (Å²) in [6.07, 6.45) is 0. The molecule has 1 rings (SSSR count). The minimum absolute atomic E-state index is 0.267. The molecule has 0 saturated heterocycles. The van der Waals surface area contributed by atoms with Crippen LogP contribution in [0, 0.1) is 0 Å². The monoisotopic (exact) mass is 244 g/mol. The molecule has 1 aromatic rings. The minimum Gasteiger partial charge on any atom is -0.219 e. The first-order valence-corrected chi connectivity index (χ1v) is 6.57. The third-order valence-electron chi connectivity index (χ3n) is 2.11. The van der Waals surface area contributed by atoms with Gasteiger partial charge in [-0.1, -0.05) is 37.6 Å². The van der Waals surface area contributed by atoms with Crippen molar-refractivity contribution < 1.29 is 8.42 Å². The van der Waals surface area contributed by atoms with Crippen LogP contribution in [0.4, 0.5) is 0 Å². The van der Waals surface area contributed by atoms with Crippen molar-refractivity contribution in [1.29, 1.82) is 0 Å². The van der Waals surface area contributed by atoms with E-state index >= 15 is 0 Å². The molecule has 0 N–H and O–H groups in total. The van der Waals surface area contributed by atoms with E-state index in [1.165, 1.54) is 0 Å². The molecular weight excluding hydrogens is 232 g/mol. The summed E-state index contributed by atoms with van der Waals surface area (Å²) in [5, 5.41) is 0.985. The largest absolute Gasteiger partial charge is 0.219 e. The first-order chi connectivity index (χ1) is 6.97. The summed E-state index contributed by atoms with van der Waals surface area (Å²) < 4.78 is 23.1. The van der Waals surface area contributed by atoms with Crippen molar-refractivity contribution in [1.82, 2.24) is 0 Å². The number of halogens is 1. The fourth-order valence-electron chi connectivity index (χ4n) is 1.19. The van der Waals surface area contributed by atoms with Gasteiger partial charge in [-0.3, -0.25) is 0 Å². The molecule has 82 valence electrons. The summed E-state index contributed by atoms with van der Waals surface area (Å²) >= 11 is 5.26. The van der Waals surface area contributed by atoms with E-state index in [0.29, 0.717) is 5.92 Å². The minimum atomic E-state index is -3.37. The van der Waals surface area contributed by atoms with Crippen molar-refractivity contribution in [3.8, 4) is 0 Å². The van der Waals surface area contributed by atoms with Crippen LogP contribution in [-0.4, -0.2) is 8.42 Å². The maximum atomic E-state index is 11.5. The lowest BCUT2D eigenvalue weighted by molar-refractivity contribution is 0.604. The van der Waals surface area contributed by atoms with Crippen LogP contribution in [0.1, 0.15) is 25.3 Å². The number of benzene rings is 1. The van der Waals surface area contributed by atoms with Crippen LogP contribution >= 0.6 is 11.6 Å². The summed E-state index contributed by atoms with van der Waals surface area (Å²) in [6, 6.07) is 6.84. The van der Waals surface area contributed by atoms with Crippen molar-refractivity contribution in [2.24, 2.45) is 0 Å². The topological polar surface area (TPSA) is 34.1 Å². The van der Waals surface area contributed by atoms with E-state index in [1.54, 1.807) is 12.1 Å². The first kappa shape index (κ1) is 12.3. The van der Waals surface area contributed by atoms with Gasteiger partial charge in [0.1, 0.15) is 0 Å². The summed E-state index contributed by atoms with van der Waals surface area (Å²) in [5.41, 5.74) is 2.12. The van der Waals surface area contributed by atoms with E-state index in [1.807, 2.05) is 12.1 Å². The Morgan fingerprint density at radius 2 is 1.73 bits per heavy atom. The van der Waals surface area contributed by atoms with Gasteiger partial charge in [-0.05, 0) is 23.6 Å². The maximum Gasteiger partial charge on any atom is 0.200 e. The highest BCUT2D eigenvalue weighted by atomic mass is 35.5. The second kappa shape index (κ2) is 4.81. The van der Waals surface area contributed by atoms with Gasteiger partial charge in [0.05, 0.1) is 4.90 Å². The quantitative estimate of drug-likeness (QED) is 0.818. The molecule has 2 nitrogen and oxygen atoms in total. The van der Waals surface area contributed by atoms with E-state index in [2.05, 4.69) is 13.8 Å². The van der Waals surface area contributed by atoms with Crippen LogP contribution in [0.5, 0.6) is 0 Å². The Balaban J connectivity index is 3.10. The summed E-state index contributed by atoms with van der Waals surface area (Å²) in [7, 11) is -3.37. The molecule has 0 saturated carbocycles. The molecule has 4 heteroatoms. The Morgan fingerprint density at radius 1 is 1.20 bits per heavy atom. The van der Waals surface area contributed by atoms with Gasteiger partial charge in [0.25, 0.3) is 0 Å². The van der Waals surface area contributed by atoms with E-state index in [9.17, 15) is 8.42 Å². The van der Waals surface area contributed by atoms with Crippen molar-refractivity contribution in [2.45, 2.75) is 24.7 Å². The van der Waals surface area contributed by atoms with E-state index < -0.39 is 9.84 Å². The molecule has 0 bridgehead atoms. The number of hydrogen-bond donors (Lipinski definition) is 0. The van der Waals surface area contributed by atoms with Gasteiger partial charge in [-0.25, -0.2) is 8.42 Å². The Labute approximate surface area is 95.5 Å². The average Bonchev–Trinajstić information content (AvgIpc) is 2.18. The lowest BCUT2D eigenvalue weighted by Gasteiger charge is -2.05. The zero-order valence-electron chi connectivity index (χ0n) is 8.64. The van der Waals surface area contributed by atoms with Crippen LogP contribution in [0.15, 0.2) is 40.1 Å². The highest BCUT2D eigenvalue weighted by Crippen LogP contribution is 2.18. The highest BCUT2D eigenvalue weighted by Gasteiger charge is 2.10. The molecule has 15 heavy (non-hydrogen) atoms. The Bertz CT molecular complexity index is 444.